The molecule has 3 rings (SSSR count). The highest BCUT2D eigenvalue weighted by atomic mass is 19.2. The van der Waals surface area contributed by atoms with Crippen molar-refractivity contribution in [2.75, 3.05) is 5.73 Å². The minimum absolute atomic E-state index is 0.123. The van der Waals surface area contributed by atoms with Crippen LogP contribution in [0.3, 0.4) is 0 Å². The standard InChI is InChI=1S/C14H17F2N3/c1-8-2-4-9(5-3-8)19-13-11(18-14(19)17)7-6-10(15)12(13)16/h6-9H,2-5H2,1H3,(H2,17,18). The Morgan fingerprint density at radius 3 is 2.58 bits per heavy atom. The lowest BCUT2D eigenvalue weighted by Gasteiger charge is -2.28. The molecule has 1 aliphatic rings. The molecule has 0 spiro atoms. The number of nitrogen functional groups attached to an aromatic ring is 1. The summed E-state index contributed by atoms with van der Waals surface area (Å²) in [6, 6.07) is 2.70. The van der Waals surface area contributed by atoms with E-state index in [0.29, 0.717) is 11.4 Å². The van der Waals surface area contributed by atoms with Gasteiger partial charge in [0.25, 0.3) is 0 Å². The van der Waals surface area contributed by atoms with E-state index in [1.165, 1.54) is 6.07 Å². The molecule has 3 nitrogen and oxygen atoms in total. The SMILES string of the molecule is CC1CCC(n2c(N)nc3ccc(F)c(F)c32)CC1. The minimum Gasteiger partial charge on any atom is -0.369 e. The summed E-state index contributed by atoms with van der Waals surface area (Å²) in [6.45, 7) is 2.21. The molecule has 0 amide bonds. The van der Waals surface area contributed by atoms with Crippen molar-refractivity contribution in [1.29, 1.82) is 0 Å². The van der Waals surface area contributed by atoms with Crippen LogP contribution >= 0.6 is 0 Å². The predicted molar refractivity (Wildman–Crippen MR) is 70.7 cm³/mol. The molecule has 5 heteroatoms. The second-order valence-electron chi connectivity index (χ2n) is 5.48. The van der Waals surface area contributed by atoms with Crippen LogP contribution in [0.2, 0.25) is 0 Å². The second-order valence-corrected chi connectivity index (χ2v) is 5.48. The van der Waals surface area contributed by atoms with E-state index in [0.717, 1.165) is 31.7 Å². The van der Waals surface area contributed by atoms with Crippen molar-refractivity contribution in [3.05, 3.63) is 23.8 Å². The molecule has 19 heavy (non-hydrogen) atoms. The molecule has 1 aromatic carbocycles. The maximum Gasteiger partial charge on any atom is 0.201 e. The zero-order chi connectivity index (χ0) is 13.6. The smallest absolute Gasteiger partial charge is 0.201 e. The fourth-order valence-electron chi connectivity index (χ4n) is 3.01. The Morgan fingerprint density at radius 2 is 1.89 bits per heavy atom. The minimum atomic E-state index is -0.849. The van der Waals surface area contributed by atoms with E-state index < -0.39 is 11.6 Å². The van der Waals surface area contributed by atoms with Gasteiger partial charge in [0, 0.05) is 6.04 Å². The fraction of sp³-hybridized carbons (Fsp3) is 0.500. The predicted octanol–water partition coefficient (Wildman–Crippen LogP) is 3.65. The molecule has 1 aromatic heterocycles. The summed E-state index contributed by atoms with van der Waals surface area (Å²) in [5, 5.41) is 0. The topological polar surface area (TPSA) is 43.8 Å². The van der Waals surface area contributed by atoms with Crippen LogP contribution in [-0.2, 0) is 0 Å². The van der Waals surface area contributed by atoms with E-state index in [1.807, 2.05) is 0 Å². The van der Waals surface area contributed by atoms with Crippen LogP contribution in [0, 0.1) is 17.6 Å². The summed E-state index contributed by atoms with van der Waals surface area (Å²) in [5.41, 5.74) is 6.53. The van der Waals surface area contributed by atoms with Gasteiger partial charge in [-0.3, -0.25) is 0 Å². The van der Waals surface area contributed by atoms with E-state index in [-0.39, 0.29) is 17.5 Å². The van der Waals surface area contributed by atoms with Gasteiger partial charge in [-0.2, -0.15) is 0 Å². The first-order chi connectivity index (χ1) is 9.08. The Kier molecular flexibility index (Phi) is 2.92. The molecule has 1 saturated carbocycles. The van der Waals surface area contributed by atoms with Crippen molar-refractivity contribution in [3.63, 3.8) is 0 Å². The number of aromatic nitrogens is 2. The first kappa shape index (κ1) is 12.4. The fourth-order valence-corrected chi connectivity index (χ4v) is 3.01. The Balaban J connectivity index is 2.12. The lowest BCUT2D eigenvalue weighted by molar-refractivity contribution is 0.294. The van der Waals surface area contributed by atoms with Crippen LogP contribution in [0.5, 0.6) is 0 Å². The molecule has 0 radical (unpaired) electrons. The van der Waals surface area contributed by atoms with Gasteiger partial charge in [-0.05, 0) is 43.7 Å². The molecule has 102 valence electrons. The van der Waals surface area contributed by atoms with Gasteiger partial charge >= 0.3 is 0 Å². The Hall–Kier alpha value is -1.65. The van der Waals surface area contributed by atoms with Gasteiger partial charge in [-0.25, -0.2) is 13.8 Å². The number of halogens is 2. The maximum atomic E-state index is 14.0. The summed E-state index contributed by atoms with van der Waals surface area (Å²) in [5.74, 6) is -0.731. The summed E-state index contributed by atoms with van der Waals surface area (Å²) in [4.78, 5) is 4.14. The Morgan fingerprint density at radius 1 is 1.21 bits per heavy atom. The lowest BCUT2D eigenvalue weighted by atomic mass is 9.87. The van der Waals surface area contributed by atoms with E-state index in [1.54, 1.807) is 4.57 Å². The van der Waals surface area contributed by atoms with Crippen molar-refractivity contribution < 1.29 is 8.78 Å². The highest BCUT2D eigenvalue weighted by molar-refractivity contribution is 5.79. The van der Waals surface area contributed by atoms with Crippen molar-refractivity contribution in [3.8, 4) is 0 Å². The highest BCUT2D eigenvalue weighted by Gasteiger charge is 2.25. The third kappa shape index (κ3) is 1.97. The summed E-state index contributed by atoms with van der Waals surface area (Å²) < 4.78 is 29.1. The lowest BCUT2D eigenvalue weighted by Crippen LogP contribution is -2.18. The summed E-state index contributed by atoms with van der Waals surface area (Å²) in [6.07, 6.45) is 4.04. The van der Waals surface area contributed by atoms with Crippen molar-refractivity contribution in [2.45, 2.75) is 38.6 Å². The molecular formula is C14H17F2N3. The van der Waals surface area contributed by atoms with Crippen LogP contribution in [0.4, 0.5) is 14.7 Å². The molecule has 0 bridgehead atoms. The number of nitrogens with zero attached hydrogens (tertiary/aromatic N) is 2. The van der Waals surface area contributed by atoms with E-state index >= 15 is 0 Å². The monoisotopic (exact) mass is 265 g/mol. The summed E-state index contributed by atoms with van der Waals surface area (Å²) >= 11 is 0. The van der Waals surface area contributed by atoms with Crippen molar-refractivity contribution in [1.82, 2.24) is 9.55 Å². The molecule has 1 aliphatic carbocycles. The molecular weight excluding hydrogens is 248 g/mol. The molecule has 1 fully saturated rings. The number of imidazole rings is 1. The zero-order valence-corrected chi connectivity index (χ0v) is 10.9. The molecule has 0 atom stereocenters. The molecule has 1 heterocycles. The van der Waals surface area contributed by atoms with E-state index in [9.17, 15) is 8.78 Å². The van der Waals surface area contributed by atoms with Gasteiger partial charge in [-0.15, -0.1) is 0 Å². The van der Waals surface area contributed by atoms with Gasteiger partial charge < -0.3 is 10.3 Å². The van der Waals surface area contributed by atoms with Crippen molar-refractivity contribution >= 4 is 17.0 Å². The van der Waals surface area contributed by atoms with Crippen molar-refractivity contribution in [2.24, 2.45) is 5.92 Å². The molecule has 2 N–H and O–H groups in total. The normalized spacial score (nSPS) is 23.9. The van der Waals surface area contributed by atoms with Crippen LogP contribution in [-0.4, -0.2) is 9.55 Å². The number of hydrogen-bond acceptors (Lipinski definition) is 2. The average Bonchev–Trinajstić information content (AvgIpc) is 2.72. The first-order valence-corrected chi connectivity index (χ1v) is 6.69. The summed E-state index contributed by atoms with van der Waals surface area (Å²) in [7, 11) is 0. The van der Waals surface area contributed by atoms with Gasteiger partial charge in [0.15, 0.2) is 11.6 Å². The Bertz CT molecular complexity index is 613. The van der Waals surface area contributed by atoms with Gasteiger partial charge in [0.1, 0.15) is 5.52 Å². The maximum absolute atomic E-state index is 14.0. The third-order valence-electron chi connectivity index (χ3n) is 4.12. The van der Waals surface area contributed by atoms with Gasteiger partial charge in [-0.1, -0.05) is 6.92 Å². The number of fused-ring (bicyclic) bond motifs is 1. The molecule has 0 aliphatic heterocycles. The number of nitrogens with two attached hydrogens (primary N) is 1. The number of anilines is 1. The number of rotatable bonds is 1. The number of hydrogen-bond donors (Lipinski definition) is 1. The van der Waals surface area contributed by atoms with Crippen LogP contribution in [0.1, 0.15) is 38.6 Å². The zero-order valence-electron chi connectivity index (χ0n) is 10.9. The van der Waals surface area contributed by atoms with Gasteiger partial charge in [0.05, 0.1) is 5.52 Å². The van der Waals surface area contributed by atoms with Crippen LogP contribution in [0.25, 0.3) is 11.0 Å². The quantitative estimate of drug-likeness (QED) is 0.855. The second kappa shape index (κ2) is 4.47. The van der Waals surface area contributed by atoms with Gasteiger partial charge in [0.2, 0.25) is 5.95 Å². The largest absolute Gasteiger partial charge is 0.369 e. The molecule has 0 saturated heterocycles. The van der Waals surface area contributed by atoms with Crippen LogP contribution in [0.15, 0.2) is 12.1 Å². The van der Waals surface area contributed by atoms with E-state index in [4.69, 9.17) is 5.73 Å². The number of benzene rings is 1. The molecule has 2 aromatic rings. The van der Waals surface area contributed by atoms with E-state index in [2.05, 4.69) is 11.9 Å². The Labute approximate surface area is 110 Å². The third-order valence-corrected chi connectivity index (χ3v) is 4.12. The highest BCUT2D eigenvalue weighted by Crippen LogP contribution is 2.36. The average molecular weight is 265 g/mol. The first-order valence-electron chi connectivity index (χ1n) is 6.69. The van der Waals surface area contributed by atoms with Crippen LogP contribution < -0.4 is 5.73 Å². The molecule has 0 unspecified atom stereocenters.